The van der Waals surface area contributed by atoms with Gasteiger partial charge in [-0.1, -0.05) is 36.4 Å². The normalized spacial score (nSPS) is 17.9. The zero-order valence-electron chi connectivity index (χ0n) is 27.3. The van der Waals surface area contributed by atoms with Crippen LogP contribution in [0.5, 0.6) is 5.75 Å². The van der Waals surface area contributed by atoms with E-state index < -0.39 is 31.0 Å². The van der Waals surface area contributed by atoms with E-state index in [0.717, 1.165) is 72.1 Å². The maximum absolute atomic E-state index is 12.6. The Morgan fingerprint density at radius 2 is 1.74 bits per heavy atom. The quantitative estimate of drug-likeness (QED) is 0.131. The fraction of sp³-hybridized carbons (Fsp3) is 0.514. The molecular formula is C37H48N2O8. The topological polar surface area (TPSA) is 153 Å². The van der Waals surface area contributed by atoms with Crippen LogP contribution in [0.15, 0.2) is 60.9 Å². The SMILES string of the molecule is Cc1ccc(CCCCC(=O)N(C)C[C@H](O)[C@@H](O)[C@H](O)[C@H](O)CO)cc1COC1(c2cnccc2-c2ccccc2OC2CC2)CC1. The third kappa shape index (κ3) is 8.95. The van der Waals surface area contributed by atoms with Crippen molar-refractivity contribution in [1.82, 2.24) is 9.88 Å². The summed E-state index contributed by atoms with van der Waals surface area (Å²) in [6.45, 7) is 1.61. The molecule has 0 saturated heterocycles. The predicted molar refractivity (Wildman–Crippen MR) is 177 cm³/mol. The number of carbonyl (C=O) groups is 1. The molecule has 1 amide bonds. The van der Waals surface area contributed by atoms with Gasteiger partial charge in [0.05, 0.1) is 24.9 Å². The largest absolute Gasteiger partial charge is 0.490 e. The smallest absolute Gasteiger partial charge is 0.222 e. The molecule has 0 radical (unpaired) electrons. The second kappa shape index (κ2) is 15.7. The number of aliphatic hydroxyl groups is 5. The summed E-state index contributed by atoms with van der Waals surface area (Å²) in [7, 11) is 1.52. The zero-order chi connectivity index (χ0) is 33.6. The van der Waals surface area contributed by atoms with E-state index in [4.69, 9.17) is 14.6 Å². The molecule has 10 heteroatoms. The van der Waals surface area contributed by atoms with Gasteiger partial charge in [-0.15, -0.1) is 0 Å². The molecule has 0 unspecified atom stereocenters. The molecule has 1 aromatic heterocycles. The van der Waals surface area contributed by atoms with Crippen molar-refractivity contribution >= 4 is 5.91 Å². The lowest BCUT2D eigenvalue weighted by molar-refractivity contribution is -0.138. The third-order valence-electron chi connectivity index (χ3n) is 9.25. The number of carbonyl (C=O) groups excluding carboxylic acids is 1. The van der Waals surface area contributed by atoms with Crippen molar-refractivity contribution in [2.24, 2.45) is 0 Å². The number of hydrogen-bond acceptors (Lipinski definition) is 9. The summed E-state index contributed by atoms with van der Waals surface area (Å²) in [5.41, 5.74) is 6.34. The van der Waals surface area contributed by atoms with Gasteiger partial charge >= 0.3 is 0 Å². The molecule has 2 aliphatic carbocycles. The number of benzene rings is 2. The molecule has 2 saturated carbocycles. The molecule has 2 aromatic carbocycles. The highest BCUT2D eigenvalue weighted by Gasteiger charge is 2.47. The monoisotopic (exact) mass is 648 g/mol. The Hall–Kier alpha value is -3.38. The van der Waals surface area contributed by atoms with Crippen LogP contribution in [0.25, 0.3) is 11.1 Å². The van der Waals surface area contributed by atoms with Crippen molar-refractivity contribution in [2.45, 2.75) is 101 Å². The standard InChI is InChI=1S/C37H48N2O8/c1-24-11-12-25(7-3-6-10-34(43)39(2)21-31(41)35(44)36(45)32(42)22-40)19-26(24)23-46-37(16-17-37)30-20-38-18-15-28(30)29-8-4-5-9-33(29)47-27-13-14-27/h4-5,8-9,11-12,15,18-20,27,31-32,35-36,40-42,44-45H,3,6-7,10,13-14,16-17,21-23H2,1-2H3/t31-,32+,35+,36+/m0/s1. The minimum Gasteiger partial charge on any atom is -0.490 e. The molecule has 0 bridgehead atoms. The predicted octanol–water partition coefficient (Wildman–Crippen LogP) is 3.41. The molecule has 0 spiro atoms. The molecule has 3 aromatic rings. The summed E-state index contributed by atoms with van der Waals surface area (Å²) in [5, 5.41) is 48.4. The van der Waals surface area contributed by atoms with Crippen molar-refractivity contribution < 1.29 is 39.8 Å². The van der Waals surface area contributed by atoms with Crippen LogP contribution in [0.4, 0.5) is 0 Å². The summed E-state index contributed by atoms with van der Waals surface area (Å²) in [6, 6.07) is 16.7. The van der Waals surface area contributed by atoms with E-state index >= 15 is 0 Å². The molecule has 0 aliphatic heterocycles. The second-order valence-electron chi connectivity index (χ2n) is 13.1. The van der Waals surface area contributed by atoms with Gasteiger partial charge in [-0.3, -0.25) is 9.78 Å². The molecule has 47 heavy (non-hydrogen) atoms. The van der Waals surface area contributed by atoms with E-state index in [1.165, 1.54) is 17.5 Å². The number of nitrogens with zero attached hydrogens (tertiary/aromatic N) is 2. The number of aliphatic hydroxyl groups excluding tert-OH is 5. The highest BCUT2D eigenvalue weighted by Crippen LogP contribution is 2.53. The van der Waals surface area contributed by atoms with Crippen LogP contribution in [-0.4, -0.2) is 92.0 Å². The third-order valence-corrected chi connectivity index (χ3v) is 9.25. The second-order valence-corrected chi connectivity index (χ2v) is 13.1. The maximum Gasteiger partial charge on any atom is 0.222 e. The molecular weight excluding hydrogens is 600 g/mol. The molecule has 2 fully saturated rings. The summed E-state index contributed by atoms with van der Waals surface area (Å²) >= 11 is 0. The summed E-state index contributed by atoms with van der Waals surface area (Å²) in [6.07, 6.45) is 4.16. The van der Waals surface area contributed by atoms with Gasteiger partial charge in [-0.05, 0) is 86.3 Å². The van der Waals surface area contributed by atoms with Crippen molar-refractivity contribution in [3.8, 4) is 16.9 Å². The van der Waals surface area contributed by atoms with Gasteiger partial charge in [0.2, 0.25) is 5.91 Å². The van der Waals surface area contributed by atoms with Crippen LogP contribution in [0.1, 0.15) is 67.2 Å². The Labute approximate surface area is 276 Å². The molecule has 1 heterocycles. The number of unbranched alkanes of at least 4 members (excludes halogenated alkanes) is 1. The molecule has 10 nitrogen and oxygen atoms in total. The fourth-order valence-electron chi connectivity index (χ4n) is 5.86. The van der Waals surface area contributed by atoms with Gasteiger partial charge in [-0.25, -0.2) is 0 Å². The van der Waals surface area contributed by atoms with Gasteiger partial charge in [0.25, 0.3) is 0 Å². The van der Waals surface area contributed by atoms with E-state index in [2.05, 4.69) is 42.2 Å². The van der Waals surface area contributed by atoms with Crippen molar-refractivity contribution in [3.05, 3.63) is 83.2 Å². The molecule has 2 aliphatic rings. The van der Waals surface area contributed by atoms with E-state index in [0.29, 0.717) is 19.1 Å². The number of aromatic nitrogens is 1. The lowest BCUT2D eigenvalue weighted by Crippen LogP contribution is -2.49. The molecule has 4 atom stereocenters. The number of para-hydroxylation sites is 1. The number of rotatable bonds is 18. The summed E-state index contributed by atoms with van der Waals surface area (Å²) in [5.74, 6) is 0.707. The number of amides is 1. The van der Waals surface area contributed by atoms with Crippen LogP contribution in [-0.2, 0) is 28.2 Å². The average Bonchev–Trinajstić information content (AvgIpc) is 4.03. The Morgan fingerprint density at radius 3 is 2.47 bits per heavy atom. The van der Waals surface area contributed by atoms with Crippen LogP contribution >= 0.6 is 0 Å². The van der Waals surface area contributed by atoms with Crippen molar-refractivity contribution in [2.75, 3.05) is 20.2 Å². The first-order valence-corrected chi connectivity index (χ1v) is 16.6. The minimum absolute atomic E-state index is 0.197. The summed E-state index contributed by atoms with van der Waals surface area (Å²) < 4.78 is 12.9. The van der Waals surface area contributed by atoms with Gasteiger partial charge in [-0.2, -0.15) is 0 Å². The highest BCUT2D eigenvalue weighted by atomic mass is 16.5. The van der Waals surface area contributed by atoms with Gasteiger partial charge < -0.3 is 39.9 Å². The minimum atomic E-state index is -1.72. The van der Waals surface area contributed by atoms with Gasteiger partial charge in [0.15, 0.2) is 0 Å². The lowest BCUT2D eigenvalue weighted by Gasteiger charge is -2.28. The maximum atomic E-state index is 12.6. The Morgan fingerprint density at radius 1 is 1.00 bits per heavy atom. The highest BCUT2D eigenvalue weighted by molar-refractivity contribution is 5.76. The number of aryl methyl sites for hydroxylation is 2. The van der Waals surface area contributed by atoms with Gasteiger partial charge in [0.1, 0.15) is 30.2 Å². The van der Waals surface area contributed by atoms with Crippen LogP contribution in [0.2, 0.25) is 0 Å². The van der Waals surface area contributed by atoms with E-state index in [-0.39, 0.29) is 24.5 Å². The number of likely N-dealkylation sites (N-methyl/N-ethyl adjacent to an activating group) is 1. The number of hydrogen-bond donors (Lipinski definition) is 5. The summed E-state index contributed by atoms with van der Waals surface area (Å²) in [4.78, 5) is 18.4. The van der Waals surface area contributed by atoms with Crippen molar-refractivity contribution in [3.63, 3.8) is 0 Å². The first-order valence-electron chi connectivity index (χ1n) is 16.6. The van der Waals surface area contributed by atoms with E-state index in [1.54, 1.807) is 0 Å². The van der Waals surface area contributed by atoms with Crippen molar-refractivity contribution in [1.29, 1.82) is 0 Å². The first-order chi connectivity index (χ1) is 22.6. The Kier molecular flexibility index (Phi) is 11.7. The first kappa shape index (κ1) is 34.9. The van der Waals surface area contributed by atoms with E-state index in [1.807, 2.05) is 30.6 Å². The number of pyridine rings is 1. The molecule has 5 rings (SSSR count). The Balaban J connectivity index is 1.13. The average molecular weight is 649 g/mol. The number of ether oxygens (including phenoxy) is 2. The van der Waals surface area contributed by atoms with Crippen LogP contribution in [0, 0.1) is 6.92 Å². The van der Waals surface area contributed by atoms with Crippen LogP contribution < -0.4 is 4.74 Å². The van der Waals surface area contributed by atoms with Crippen LogP contribution in [0.3, 0.4) is 0 Å². The Bertz CT molecular complexity index is 1490. The lowest BCUT2D eigenvalue weighted by atomic mass is 9.96. The van der Waals surface area contributed by atoms with Gasteiger partial charge in [0, 0.05) is 43.5 Å². The molecule has 254 valence electrons. The zero-order valence-corrected chi connectivity index (χ0v) is 27.3. The fourth-order valence-corrected chi connectivity index (χ4v) is 5.86. The van der Waals surface area contributed by atoms with E-state index in [9.17, 15) is 25.2 Å². The molecule has 5 N–H and O–H groups in total.